The van der Waals surface area contributed by atoms with Crippen LogP contribution in [0.1, 0.15) is 33.6 Å². The van der Waals surface area contributed by atoms with Gasteiger partial charge in [-0.3, -0.25) is 9.59 Å². The van der Waals surface area contributed by atoms with Gasteiger partial charge in [-0.05, 0) is 50.0 Å². The first-order chi connectivity index (χ1) is 9.16. The van der Waals surface area contributed by atoms with Gasteiger partial charge in [0.05, 0.1) is 0 Å². The van der Waals surface area contributed by atoms with Gasteiger partial charge in [-0.25, -0.2) is 0 Å². The van der Waals surface area contributed by atoms with E-state index in [0.29, 0.717) is 23.6 Å². The molecule has 2 rings (SSSR count). The number of carbonyl (C=O) groups is 2. The number of halogens is 1. The third-order valence-electron chi connectivity index (χ3n) is 3.41. The first-order valence-corrected chi connectivity index (χ1v) is 6.55. The molecule has 1 atom stereocenters. The second kappa shape index (κ2) is 7.87. The van der Waals surface area contributed by atoms with Gasteiger partial charge in [0.1, 0.15) is 0 Å². The number of amides is 2. The van der Waals surface area contributed by atoms with E-state index in [1.165, 1.54) is 12.5 Å². The van der Waals surface area contributed by atoms with Gasteiger partial charge < -0.3 is 16.4 Å². The summed E-state index contributed by atoms with van der Waals surface area (Å²) in [5.74, 6) is -0.0296. The number of carbonyl (C=O) groups excluding carboxylic acids is 2. The molecule has 4 N–H and O–H groups in total. The van der Waals surface area contributed by atoms with Crippen LogP contribution in [0.3, 0.4) is 0 Å². The van der Waals surface area contributed by atoms with Crippen molar-refractivity contribution >= 4 is 24.2 Å². The largest absolute Gasteiger partial charge is 0.366 e. The van der Waals surface area contributed by atoms with Gasteiger partial charge in [0.25, 0.3) is 5.91 Å². The molecule has 1 aromatic rings. The summed E-state index contributed by atoms with van der Waals surface area (Å²) < 4.78 is 0. The second-order valence-corrected chi connectivity index (χ2v) is 4.85. The summed E-state index contributed by atoms with van der Waals surface area (Å²) in [6, 6.07) is 6.47. The number of hydrogen-bond donors (Lipinski definition) is 3. The Kier molecular flexibility index (Phi) is 6.48. The Labute approximate surface area is 124 Å². The van der Waals surface area contributed by atoms with Crippen LogP contribution in [0.4, 0.5) is 0 Å². The van der Waals surface area contributed by atoms with Crippen LogP contribution in [0.15, 0.2) is 24.3 Å². The van der Waals surface area contributed by atoms with Gasteiger partial charge in [0.2, 0.25) is 5.91 Å². The van der Waals surface area contributed by atoms with Crippen LogP contribution >= 0.6 is 12.4 Å². The van der Waals surface area contributed by atoms with E-state index in [-0.39, 0.29) is 18.3 Å². The molecule has 0 bridgehead atoms. The van der Waals surface area contributed by atoms with E-state index in [9.17, 15) is 9.59 Å². The molecule has 1 saturated heterocycles. The quantitative estimate of drug-likeness (QED) is 0.756. The Bertz CT molecular complexity index is 473. The molecule has 2 amide bonds. The first kappa shape index (κ1) is 16.5. The van der Waals surface area contributed by atoms with Crippen LogP contribution in [0.25, 0.3) is 0 Å². The monoisotopic (exact) mass is 297 g/mol. The molecule has 5 nitrogen and oxygen atoms in total. The van der Waals surface area contributed by atoms with E-state index < -0.39 is 5.91 Å². The van der Waals surface area contributed by atoms with Crippen LogP contribution in [0.2, 0.25) is 0 Å². The summed E-state index contributed by atoms with van der Waals surface area (Å²) in [6.45, 7) is 2.76. The standard InChI is InChI=1S/C14H19N3O2.ClH/c15-13(18)11-2-1-3-12(8-11)14(19)17-7-5-10-4-6-16-9-10;/h1-3,8,10,16H,4-7,9H2,(H2,15,18)(H,17,19);1H. The molecule has 1 aliphatic heterocycles. The lowest BCUT2D eigenvalue weighted by Crippen LogP contribution is -2.26. The number of rotatable bonds is 5. The van der Waals surface area contributed by atoms with Crippen molar-refractivity contribution in [1.29, 1.82) is 0 Å². The van der Waals surface area contributed by atoms with Gasteiger partial charge in [-0.15, -0.1) is 12.4 Å². The Morgan fingerprint density at radius 1 is 1.35 bits per heavy atom. The topological polar surface area (TPSA) is 84.2 Å². The van der Waals surface area contributed by atoms with Crippen molar-refractivity contribution in [2.24, 2.45) is 11.7 Å². The average Bonchev–Trinajstić information content (AvgIpc) is 2.92. The maximum absolute atomic E-state index is 11.9. The Hall–Kier alpha value is -1.59. The zero-order valence-electron chi connectivity index (χ0n) is 11.2. The summed E-state index contributed by atoms with van der Waals surface area (Å²) in [6.07, 6.45) is 2.15. The highest BCUT2D eigenvalue weighted by molar-refractivity contribution is 5.99. The van der Waals surface area contributed by atoms with Crippen molar-refractivity contribution in [3.8, 4) is 0 Å². The molecule has 110 valence electrons. The van der Waals surface area contributed by atoms with Gasteiger partial charge in [0.15, 0.2) is 0 Å². The highest BCUT2D eigenvalue weighted by atomic mass is 35.5. The second-order valence-electron chi connectivity index (χ2n) is 4.85. The minimum Gasteiger partial charge on any atom is -0.366 e. The van der Waals surface area contributed by atoms with E-state index in [4.69, 9.17) is 5.73 Å². The molecule has 1 aliphatic rings. The number of hydrogen-bond acceptors (Lipinski definition) is 3. The van der Waals surface area contributed by atoms with E-state index >= 15 is 0 Å². The lowest BCUT2D eigenvalue weighted by molar-refractivity contribution is 0.0951. The van der Waals surface area contributed by atoms with E-state index in [2.05, 4.69) is 10.6 Å². The van der Waals surface area contributed by atoms with E-state index in [0.717, 1.165) is 19.5 Å². The zero-order valence-corrected chi connectivity index (χ0v) is 12.0. The van der Waals surface area contributed by atoms with Gasteiger partial charge in [-0.1, -0.05) is 6.07 Å². The number of nitrogens with one attached hydrogen (secondary N) is 2. The van der Waals surface area contributed by atoms with Crippen molar-refractivity contribution in [2.75, 3.05) is 19.6 Å². The summed E-state index contributed by atoms with van der Waals surface area (Å²) in [4.78, 5) is 23.0. The summed E-state index contributed by atoms with van der Waals surface area (Å²) in [7, 11) is 0. The Morgan fingerprint density at radius 2 is 2.10 bits per heavy atom. The smallest absolute Gasteiger partial charge is 0.251 e. The number of nitrogens with two attached hydrogens (primary N) is 1. The fourth-order valence-electron chi connectivity index (χ4n) is 2.27. The van der Waals surface area contributed by atoms with Crippen LogP contribution in [-0.4, -0.2) is 31.4 Å². The third kappa shape index (κ3) is 4.51. The minimum atomic E-state index is -0.522. The summed E-state index contributed by atoms with van der Waals surface area (Å²) in [5, 5.41) is 6.17. The predicted octanol–water partition coefficient (Wildman–Crippen LogP) is 0.937. The normalized spacial score (nSPS) is 17.3. The molecule has 0 aromatic heterocycles. The minimum absolute atomic E-state index is 0. The molecule has 6 heteroatoms. The third-order valence-corrected chi connectivity index (χ3v) is 3.41. The molecule has 20 heavy (non-hydrogen) atoms. The first-order valence-electron chi connectivity index (χ1n) is 6.55. The average molecular weight is 298 g/mol. The predicted molar refractivity (Wildman–Crippen MR) is 80.1 cm³/mol. The lowest BCUT2D eigenvalue weighted by atomic mass is 10.1. The highest BCUT2D eigenvalue weighted by Crippen LogP contribution is 2.11. The van der Waals surface area contributed by atoms with Crippen molar-refractivity contribution in [2.45, 2.75) is 12.8 Å². The molecule has 1 aromatic carbocycles. The van der Waals surface area contributed by atoms with Gasteiger partial charge in [0, 0.05) is 17.7 Å². The maximum atomic E-state index is 11.9. The molecular weight excluding hydrogens is 278 g/mol. The molecule has 0 aliphatic carbocycles. The number of benzene rings is 1. The van der Waals surface area contributed by atoms with Crippen LogP contribution in [0, 0.1) is 5.92 Å². The molecular formula is C14H20ClN3O2. The Morgan fingerprint density at radius 3 is 2.75 bits per heavy atom. The molecule has 0 spiro atoms. The van der Waals surface area contributed by atoms with Crippen molar-refractivity contribution in [3.63, 3.8) is 0 Å². The Balaban J connectivity index is 0.00000200. The molecule has 1 fully saturated rings. The van der Waals surface area contributed by atoms with Crippen LogP contribution in [0.5, 0.6) is 0 Å². The lowest BCUT2D eigenvalue weighted by Gasteiger charge is -2.09. The van der Waals surface area contributed by atoms with E-state index in [1.807, 2.05) is 0 Å². The molecule has 1 unspecified atom stereocenters. The molecule has 0 saturated carbocycles. The fourth-order valence-corrected chi connectivity index (χ4v) is 2.27. The van der Waals surface area contributed by atoms with E-state index in [1.54, 1.807) is 18.2 Å². The van der Waals surface area contributed by atoms with Crippen molar-refractivity contribution < 1.29 is 9.59 Å². The van der Waals surface area contributed by atoms with Crippen molar-refractivity contribution in [3.05, 3.63) is 35.4 Å². The highest BCUT2D eigenvalue weighted by Gasteiger charge is 2.14. The molecule has 1 heterocycles. The SMILES string of the molecule is Cl.NC(=O)c1cccc(C(=O)NCCC2CCNC2)c1. The van der Waals surface area contributed by atoms with Crippen LogP contribution in [-0.2, 0) is 0 Å². The van der Waals surface area contributed by atoms with Crippen LogP contribution < -0.4 is 16.4 Å². The fraction of sp³-hybridized carbons (Fsp3) is 0.429. The van der Waals surface area contributed by atoms with Gasteiger partial charge >= 0.3 is 0 Å². The summed E-state index contributed by atoms with van der Waals surface area (Å²) >= 11 is 0. The summed E-state index contributed by atoms with van der Waals surface area (Å²) in [5.41, 5.74) is 6.02. The molecule has 0 radical (unpaired) electrons. The van der Waals surface area contributed by atoms with Gasteiger partial charge in [-0.2, -0.15) is 0 Å². The van der Waals surface area contributed by atoms with Crippen molar-refractivity contribution in [1.82, 2.24) is 10.6 Å². The maximum Gasteiger partial charge on any atom is 0.251 e. The number of primary amides is 1. The zero-order chi connectivity index (χ0) is 13.7.